The van der Waals surface area contributed by atoms with Crippen molar-refractivity contribution in [2.24, 2.45) is 0 Å². The second-order valence-electron chi connectivity index (χ2n) is 2.33. The number of ether oxygens (including phenoxy) is 1. The van der Waals surface area contributed by atoms with E-state index in [1.807, 2.05) is 0 Å². The van der Waals surface area contributed by atoms with Gasteiger partial charge >= 0.3 is 18.2 Å². The first kappa shape index (κ1) is 14.3. The average Bonchev–Trinajstić information content (AvgIpc) is 2.01. The largest absolute Gasteiger partial charge is 0.445 e. The Morgan fingerprint density at radius 3 is 1.60 bits per heavy atom. The molecule has 0 aliphatic rings. The number of hydrogen-bond acceptors (Lipinski definition) is 1. The quantitative estimate of drug-likeness (QED) is 0.697. The van der Waals surface area contributed by atoms with Gasteiger partial charge in [0.15, 0.2) is 6.67 Å². The van der Waals surface area contributed by atoms with Gasteiger partial charge in [0, 0.05) is 0 Å². The summed E-state index contributed by atoms with van der Waals surface area (Å²) < 4.78 is 107. The molecule has 0 aliphatic heterocycles. The van der Waals surface area contributed by atoms with Crippen molar-refractivity contribution in [3.8, 4) is 0 Å². The van der Waals surface area contributed by atoms with Gasteiger partial charge in [-0.3, -0.25) is 4.74 Å². The van der Waals surface area contributed by atoms with E-state index in [1.165, 1.54) is 0 Å². The van der Waals surface area contributed by atoms with Crippen LogP contribution in [0.2, 0.25) is 0 Å². The van der Waals surface area contributed by atoms with Crippen molar-refractivity contribution in [2.45, 2.75) is 24.6 Å². The van der Waals surface area contributed by atoms with Crippen LogP contribution in [0.25, 0.3) is 0 Å². The molecule has 0 amide bonds. The molecule has 1 atom stereocenters. The molecule has 92 valence electrons. The van der Waals surface area contributed by atoms with Crippen molar-refractivity contribution < 1.29 is 44.3 Å². The van der Waals surface area contributed by atoms with Crippen molar-refractivity contribution in [3.05, 3.63) is 0 Å². The second kappa shape index (κ2) is 4.06. The molecule has 0 aliphatic carbocycles. The molecular weight excluding hydrogens is 247 g/mol. The molecule has 1 unspecified atom stereocenters. The van der Waals surface area contributed by atoms with E-state index in [0.29, 0.717) is 0 Å². The van der Waals surface area contributed by atoms with Gasteiger partial charge in [0.1, 0.15) is 0 Å². The highest BCUT2D eigenvalue weighted by atomic mass is 19.4. The Kier molecular flexibility index (Phi) is 3.88. The van der Waals surface area contributed by atoms with E-state index < -0.39 is 31.2 Å². The Hall–Kier alpha value is -0.670. The van der Waals surface area contributed by atoms with Crippen LogP contribution in [-0.4, -0.2) is 31.2 Å². The van der Waals surface area contributed by atoms with Gasteiger partial charge in [-0.05, 0) is 0 Å². The Balaban J connectivity index is 4.65. The van der Waals surface area contributed by atoms with E-state index in [-0.39, 0.29) is 0 Å². The lowest BCUT2D eigenvalue weighted by Gasteiger charge is -2.25. The Labute approximate surface area is 76.8 Å². The third-order valence-corrected chi connectivity index (χ3v) is 1.10. The van der Waals surface area contributed by atoms with Crippen LogP contribution in [0.3, 0.4) is 0 Å². The fourth-order valence-electron chi connectivity index (χ4n) is 0.361. The van der Waals surface area contributed by atoms with E-state index in [4.69, 9.17) is 0 Å². The maximum atomic E-state index is 12.0. The zero-order valence-electron chi connectivity index (χ0n) is 6.59. The van der Waals surface area contributed by atoms with Gasteiger partial charge < -0.3 is 0 Å². The maximum Gasteiger partial charge on any atom is 0.445 e. The Morgan fingerprint density at radius 2 is 1.33 bits per heavy atom. The van der Waals surface area contributed by atoms with Crippen LogP contribution in [-0.2, 0) is 4.74 Å². The molecule has 0 radical (unpaired) electrons. The fraction of sp³-hybridized carbons (Fsp3) is 1.00. The van der Waals surface area contributed by atoms with Crippen LogP contribution < -0.4 is 0 Å². The molecule has 0 rings (SSSR count). The van der Waals surface area contributed by atoms with E-state index >= 15 is 0 Å². The molecule has 1 nitrogen and oxygen atoms in total. The van der Waals surface area contributed by atoms with Crippen LogP contribution >= 0.6 is 0 Å². The van der Waals surface area contributed by atoms with Gasteiger partial charge in [-0.25, -0.2) is 8.78 Å². The smallest absolute Gasteiger partial charge is 0.272 e. The van der Waals surface area contributed by atoms with E-state index in [0.717, 1.165) is 0 Å². The standard InChI is InChI=1S/C5H3F9O/c6-1-3(8,9)5(13,14)15-2(7)4(10,11)12/h2H,1H2. The lowest BCUT2D eigenvalue weighted by atomic mass is 10.3. The number of rotatable bonds is 4. The Bertz CT molecular complexity index is 209. The van der Waals surface area contributed by atoms with E-state index in [2.05, 4.69) is 4.74 Å². The SMILES string of the molecule is FCC(F)(F)C(F)(F)OC(F)C(F)(F)F. The van der Waals surface area contributed by atoms with Crippen molar-refractivity contribution in [1.82, 2.24) is 0 Å². The summed E-state index contributed by atoms with van der Waals surface area (Å²) in [5, 5.41) is 0. The van der Waals surface area contributed by atoms with Crippen molar-refractivity contribution in [3.63, 3.8) is 0 Å². The molecule has 0 heterocycles. The first-order chi connectivity index (χ1) is 6.44. The Morgan fingerprint density at radius 1 is 0.933 bits per heavy atom. The molecule has 0 saturated heterocycles. The van der Waals surface area contributed by atoms with Crippen LogP contribution in [0.4, 0.5) is 39.5 Å². The number of alkyl halides is 9. The summed E-state index contributed by atoms with van der Waals surface area (Å²) in [6, 6.07) is 0. The molecule has 0 fully saturated rings. The second-order valence-corrected chi connectivity index (χ2v) is 2.33. The molecule has 0 saturated carbocycles. The number of halogens is 9. The van der Waals surface area contributed by atoms with Gasteiger partial charge in [0.05, 0.1) is 0 Å². The highest BCUT2D eigenvalue weighted by Gasteiger charge is 2.62. The summed E-state index contributed by atoms with van der Waals surface area (Å²) in [6.07, 6.45) is -16.4. The third kappa shape index (κ3) is 3.43. The summed E-state index contributed by atoms with van der Waals surface area (Å²) in [4.78, 5) is 0. The van der Waals surface area contributed by atoms with Crippen LogP contribution in [0, 0.1) is 0 Å². The van der Waals surface area contributed by atoms with Gasteiger partial charge in [0.2, 0.25) is 0 Å². The van der Waals surface area contributed by atoms with Crippen LogP contribution in [0.5, 0.6) is 0 Å². The topological polar surface area (TPSA) is 9.23 Å². The minimum absolute atomic E-state index is 2.14. The maximum absolute atomic E-state index is 12.0. The molecule has 0 aromatic heterocycles. The van der Waals surface area contributed by atoms with Crippen molar-refractivity contribution in [1.29, 1.82) is 0 Å². The molecule has 10 heteroatoms. The van der Waals surface area contributed by atoms with E-state index in [9.17, 15) is 39.5 Å². The molecule has 15 heavy (non-hydrogen) atoms. The zero-order chi connectivity index (χ0) is 12.5. The lowest BCUT2D eigenvalue weighted by Crippen LogP contribution is -2.48. The average molecular weight is 250 g/mol. The highest BCUT2D eigenvalue weighted by molar-refractivity contribution is 4.77. The predicted octanol–water partition coefficient (Wildman–Crippen LogP) is 3.06. The number of hydrogen-bond donors (Lipinski definition) is 0. The molecule has 0 spiro atoms. The first-order valence-electron chi connectivity index (χ1n) is 3.14. The normalized spacial score (nSPS) is 16.6. The fourth-order valence-corrected chi connectivity index (χ4v) is 0.361. The van der Waals surface area contributed by atoms with Crippen molar-refractivity contribution in [2.75, 3.05) is 6.67 Å². The molecular formula is C5H3F9O. The molecule has 0 N–H and O–H groups in total. The van der Waals surface area contributed by atoms with Crippen molar-refractivity contribution >= 4 is 0 Å². The van der Waals surface area contributed by atoms with Gasteiger partial charge in [-0.15, -0.1) is 0 Å². The summed E-state index contributed by atoms with van der Waals surface area (Å²) >= 11 is 0. The first-order valence-corrected chi connectivity index (χ1v) is 3.14. The van der Waals surface area contributed by atoms with E-state index in [1.54, 1.807) is 0 Å². The minimum atomic E-state index is -5.89. The van der Waals surface area contributed by atoms with Gasteiger partial charge in [0.25, 0.3) is 6.36 Å². The summed E-state index contributed by atoms with van der Waals surface area (Å²) in [6.45, 7) is -2.98. The molecule has 0 aromatic carbocycles. The minimum Gasteiger partial charge on any atom is -0.272 e. The van der Waals surface area contributed by atoms with Crippen LogP contribution in [0.15, 0.2) is 0 Å². The zero-order valence-corrected chi connectivity index (χ0v) is 6.59. The summed E-state index contributed by atoms with van der Waals surface area (Å²) in [5.41, 5.74) is 0. The molecule has 0 bridgehead atoms. The summed E-state index contributed by atoms with van der Waals surface area (Å²) in [5.74, 6) is -5.53. The van der Waals surface area contributed by atoms with Gasteiger partial charge in [-0.2, -0.15) is 30.7 Å². The predicted molar refractivity (Wildman–Crippen MR) is 27.9 cm³/mol. The lowest BCUT2D eigenvalue weighted by molar-refractivity contribution is -0.412. The van der Waals surface area contributed by atoms with Gasteiger partial charge in [-0.1, -0.05) is 0 Å². The molecule has 0 aromatic rings. The summed E-state index contributed by atoms with van der Waals surface area (Å²) in [7, 11) is 0. The highest BCUT2D eigenvalue weighted by Crippen LogP contribution is 2.39. The third-order valence-electron chi connectivity index (χ3n) is 1.10. The van der Waals surface area contributed by atoms with Crippen LogP contribution in [0.1, 0.15) is 0 Å². The monoisotopic (exact) mass is 250 g/mol.